The number of carbonyl (C=O) groups excluding carboxylic acids is 2. The van der Waals surface area contributed by atoms with E-state index in [0.29, 0.717) is 19.4 Å². The Hall–Kier alpha value is -2.46. The molecule has 0 radical (unpaired) electrons. The fourth-order valence-electron chi connectivity index (χ4n) is 4.76. The molecule has 0 bridgehead atoms. The lowest BCUT2D eigenvalue weighted by atomic mass is 9.62. The molecule has 1 atom stereocenters. The number of likely N-dealkylation sites (tertiary alicyclic amines) is 1. The zero-order valence-electron chi connectivity index (χ0n) is 15.6. The molecule has 1 N–H and O–H groups in total. The number of hydrogen-bond acceptors (Lipinski definition) is 3. The van der Waals surface area contributed by atoms with E-state index in [9.17, 15) is 9.59 Å². The topological polar surface area (TPSA) is 49.4 Å². The van der Waals surface area contributed by atoms with Crippen molar-refractivity contribution < 1.29 is 9.59 Å². The molecule has 2 heterocycles. The minimum atomic E-state index is -0.591. The van der Waals surface area contributed by atoms with Crippen LogP contribution in [-0.4, -0.2) is 29.8 Å². The molecule has 4 rings (SSSR count). The average Bonchev–Trinajstić information content (AvgIpc) is 2.74. The summed E-state index contributed by atoms with van der Waals surface area (Å²) in [6.45, 7) is 2.22. The zero-order chi connectivity index (χ0) is 18.7. The first-order valence-corrected chi connectivity index (χ1v) is 9.87. The van der Waals surface area contributed by atoms with Gasteiger partial charge in [0.25, 0.3) is 0 Å². The maximum absolute atomic E-state index is 13.8. The van der Waals surface area contributed by atoms with Crippen LogP contribution in [0.5, 0.6) is 0 Å². The Labute approximate surface area is 160 Å². The van der Waals surface area contributed by atoms with Gasteiger partial charge in [0.1, 0.15) is 0 Å². The van der Waals surface area contributed by atoms with Crippen LogP contribution in [0.3, 0.4) is 0 Å². The van der Waals surface area contributed by atoms with Crippen LogP contribution in [-0.2, 0) is 21.5 Å². The van der Waals surface area contributed by atoms with Crippen molar-refractivity contribution in [2.45, 2.75) is 37.6 Å². The lowest BCUT2D eigenvalue weighted by molar-refractivity contribution is -0.156. The number of benzene rings is 2. The molecule has 2 aromatic carbocycles. The minimum Gasteiger partial charge on any atom is -0.317 e. The van der Waals surface area contributed by atoms with Crippen LogP contribution in [0.4, 0.5) is 0 Å². The highest BCUT2D eigenvalue weighted by molar-refractivity contribution is 6.03. The molecule has 0 aromatic heterocycles. The third-order valence-corrected chi connectivity index (χ3v) is 6.17. The number of piperidine rings is 2. The highest BCUT2D eigenvalue weighted by Crippen LogP contribution is 2.45. The van der Waals surface area contributed by atoms with Crippen molar-refractivity contribution in [3.8, 4) is 0 Å². The molecule has 0 unspecified atom stereocenters. The number of imide groups is 1. The predicted molar refractivity (Wildman–Crippen MR) is 105 cm³/mol. The molecule has 4 nitrogen and oxygen atoms in total. The molecule has 2 aliphatic rings. The molecule has 140 valence electrons. The Kier molecular flexibility index (Phi) is 5.08. The van der Waals surface area contributed by atoms with E-state index in [1.807, 2.05) is 48.5 Å². The molecule has 0 saturated carbocycles. The van der Waals surface area contributed by atoms with Gasteiger partial charge in [0.15, 0.2) is 0 Å². The van der Waals surface area contributed by atoms with E-state index < -0.39 is 5.41 Å². The van der Waals surface area contributed by atoms with Crippen LogP contribution in [0.2, 0.25) is 0 Å². The Bertz CT molecular complexity index is 800. The predicted octanol–water partition coefficient (Wildman–Crippen LogP) is 3.27. The van der Waals surface area contributed by atoms with Crippen LogP contribution in [0, 0.1) is 5.92 Å². The smallest absolute Gasteiger partial charge is 0.240 e. The first-order chi connectivity index (χ1) is 13.2. The highest BCUT2D eigenvalue weighted by atomic mass is 16.2. The Morgan fingerprint density at radius 1 is 0.926 bits per heavy atom. The molecule has 2 saturated heterocycles. The van der Waals surface area contributed by atoms with Crippen LogP contribution >= 0.6 is 0 Å². The average molecular weight is 362 g/mol. The van der Waals surface area contributed by atoms with Crippen LogP contribution in [0.1, 0.15) is 36.8 Å². The molecule has 2 amide bonds. The van der Waals surface area contributed by atoms with E-state index in [1.54, 1.807) is 0 Å². The second kappa shape index (κ2) is 7.65. The van der Waals surface area contributed by atoms with E-state index in [4.69, 9.17) is 0 Å². The molecule has 27 heavy (non-hydrogen) atoms. The number of hydrogen-bond donors (Lipinski definition) is 1. The van der Waals surface area contributed by atoms with Crippen molar-refractivity contribution in [2.24, 2.45) is 5.92 Å². The van der Waals surface area contributed by atoms with Gasteiger partial charge in [0.05, 0.1) is 12.0 Å². The largest absolute Gasteiger partial charge is 0.317 e. The maximum Gasteiger partial charge on any atom is 0.240 e. The maximum atomic E-state index is 13.8. The molecular weight excluding hydrogens is 336 g/mol. The summed E-state index contributed by atoms with van der Waals surface area (Å²) in [5.74, 6) is 0.199. The first-order valence-electron chi connectivity index (χ1n) is 9.87. The standard InChI is InChI=1S/C23H26N2O2/c26-21-11-14-23(19-9-5-2-6-10-19,20-12-15-24-16-13-20)22(27)25(21)17-18-7-3-1-4-8-18/h1-10,20,24H,11-17H2/t23-/m0/s1. The molecule has 0 aliphatic carbocycles. The van der Waals surface area contributed by atoms with Crippen molar-refractivity contribution in [1.29, 1.82) is 0 Å². The van der Waals surface area contributed by atoms with E-state index >= 15 is 0 Å². The molecule has 2 fully saturated rings. The number of nitrogens with one attached hydrogen (secondary N) is 1. The van der Waals surface area contributed by atoms with Gasteiger partial charge in [-0.2, -0.15) is 0 Å². The van der Waals surface area contributed by atoms with E-state index in [-0.39, 0.29) is 17.7 Å². The molecule has 2 aromatic rings. The third kappa shape index (κ3) is 3.30. The number of rotatable bonds is 4. The summed E-state index contributed by atoms with van der Waals surface area (Å²) in [7, 11) is 0. The minimum absolute atomic E-state index is 0.0132. The van der Waals surface area contributed by atoms with Crippen LogP contribution in [0.25, 0.3) is 0 Å². The Morgan fingerprint density at radius 2 is 1.56 bits per heavy atom. The zero-order valence-corrected chi connectivity index (χ0v) is 15.6. The monoisotopic (exact) mass is 362 g/mol. The first kappa shape index (κ1) is 17.9. The summed E-state index contributed by atoms with van der Waals surface area (Å²) in [6, 6.07) is 19.9. The summed E-state index contributed by atoms with van der Waals surface area (Å²) in [4.78, 5) is 28.1. The van der Waals surface area contributed by atoms with E-state index in [2.05, 4.69) is 17.4 Å². The fraction of sp³-hybridized carbons (Fsp3) is 0.391. The summed E-state index contributed by atoms with van der Waals surface area (Å²) in [6.07, 6.45) is 2.98. The van der Waals surface area contributed by atoms with Gasteiger partial charge in [-0.1, -0.05) is 60.7 Å². The quantitative estimate of drug-likeness (QED) is 0.849. The molecular formula is C23H26N2O2. The highest BCUT2D eigenvalue weighted by Gasteiger charge is 2.52. The lowest BCUT2D eigenvalue weighted by Crippen LogP contribution is -2.58. The second-order valence-electron chi connectivity index (χ2n) is 7.63. The van der Waals surface area contributed by atoms with Gasteiger partial charge >= 0.3 is 0 Å². The van der Waals surface area contributed by atoms with Crippen molar-refractivity contribution in [3.05, 3.63) is 71.8 Å². The summed E-state index contributed by atoms with van der Waals surface area (Å²) >= 11 is 0. The van der Waals surface area contributed by atoms with E-state index in [1.165, 1.54) is 4.90 Å². The van der Waals surface area contributed by atoms with E-state index in [0.717, 1.165) is 37.1 Å². The van der Waals surface area contributed by atoms with Gasteiger partial charge in [-0.05, 0) is 49.4 Å². The van der Waals surface area contributed by atoms with Gasteiger partial charge in [-0.3, -0.25) is 14.5 Å². The second-order valence-corrected chi connectivity index (χ2v) is 7.63. The number of carbonyl (C=O) groups is 2. The Morgan fingerprint density at radius 3 is 2.22 bits per heavy atom. The lowest BCUT2D eigenvalue weighted by Gasteiger charge is -2.47. The van der Waals surface area contributed by atoms with Gasteiger partial charge in [0, 0.05) is 6.42 Å². The number of amides is 2. The van der Waals surface area contributed by atoms with Gasteiger partial charge in [0.2, 0.25) is 11.8 Å². The van der Waals surface area contributed by atoms with Gasteiger partial charge < -0.3 is 5.32 Å². The number of nitrogens with zero attached hydrogens (tertiary/aromatic N) is 1. The summed E-state index contributed by atoms with van der Waals surface area (Å²) < 4.78 is 0. The SMILES string of the molecule is O=C1CC[C@](c2ccccc2)(C2CCNCC2)C(=O)N1Cc1ccccc1. The normalized spacial score (nSPS) is 24.2. The molecule has 2 aliphatic heterocycles. The van der Waals surface area contributed by atoms with Crippen molar-refractivity contribution in [3.63, 3.8) is 0 Å². The van der Waals surface area contributed by atoms with Gasteiger partial charge in [-0.25, -0.2) is 0 Å². The van der Waals surface area contributed by atoms with Crippen molar-refractivity contribution >= 4 is 11.8 Å². The van der Waals surface area contributed by atoms with Gasteiger partial charge in [-0.15, -0.1) is 0 Å². The third-order valence-electron chi connectivity index (χ3n) is 6.17. The van der Waals surface area contributed by atoms with Crippen LogP contribution < -0.4 is 5.32 Å². The van der Waals surface area contributed by atoms with Crippen molar-refractivity contribution in [2.75, 3.05) is 13.1 Å². The molecule has 0 spiro atoms. The Balaban J connectivity index is 1.73. The van der Waals surface area contributed by atoms with Crippen LogP contribution in [0.15, 0.2) is 60.7 Å². The fourth-order valence-corrected chi connectivity index (χ4v) is 4.76. The van der Waals surface area contributed by atoms with Crippen molar-refractivity contribution in [1.82, 2.24) is 10.2 Å². The summed E-state index contributed by atoms with van der Waals surface area (Å²) in [5, 5.41) is 3.41. The molecule has 4 heteroatoms. The summed E-state index contributed by atoms with van der Waals surface area (Å²) in [5.41, 5.74) is 1.47.